The van der Waals surface area contributed by atoms with Crippen molar-refractivity contribution in [2.24, 2.45) is 0 Å². The van der Waals surface area contributed by atoms with E-state index in [0.29, 0.717) is 12.2 Å². The summed E-state index contributed by atoms with van der Waals surface area (Å²) in [4.78, 5) is 26.3. The predicted molar refractivity (Wildman–Crippen MR) is 106 cm³/mol. The number of carbonyl (C=O) groups excluding carboxylic acids is 2. The van der Waals surface area contributed by atoms with E-state index < -0.39 is 21.5 Å². The number of sulfone groups is 1. The summed E-state index contributed by atoms with van der Waals surface area (Å²) in [7, 11) is -3.71. The van der Waals surface area contributed by atoms with Crippen LogP contribution in [0.15, 0.2) is 53.4 Å². The quantitative estimate of drug-likeness (QED) is 0.811. The SMILES string of the molecule is O=C1CS(=O)(=O)c2cc(NC(=O)N3CCCCC3c3ccccc3)ccc2N1. The van der Waals surface area contributed by atoms with Gasteiger partial charge in [-0.15, -0.1) is 0 Å². The van der Waals surface area contributed by atoms with Crippen molar-refractivity contribution < 1.29 is 18.0 Å². The van der Waals surface area contributed by atoms with Crippen molar-refractivity contribution in [2.75, 3.05) is 22.9 Å². The highest BCUT2D eigenvalue weighted by molar-refractivity contribution is 7.92. The number of piperidine rings is 1. The maximum absolute atomic E-state index is 12.9. The molecule has 2 aromatic rings. The second-order valence-electron chi connectivity index (χ2n) is 7.06. The average molecular weight is 399 g/mol. The van der Waals surface area contributed by atoms with E-state index in [0.717, 1.165) is 24.8 Å². The van der Waals surface area contributed by atoms with E-state index in [4.69, 9.17) is 0 Å². The van der Waals surface area contributed by atoms with Crippen molar-refractivity contribution >= 4 is 33.2 Å². The van der Waals surface area contributed by atoms with Crippen molar-refractivity contribution in [2.45, 2.75) is 30.2 Å². The molecule has 146 valence electrons. The van der Waals surface area contributed by atoms with Crippen LogP contribution >= 0.6 is 0 Å². The van der Waals surface area contributed by atoms with Crippen molar-refractivity contribution in [3.05, 3.63) is 54.1 Å². The molecule has 2 aromatic carbocycles. The minimum Gasteiger partial charge on any atom is -0.324 e. The monoisotopic (exact) mass is 399 g/mol. The van der Waals surface area contributed by atoms with E-state index in [1.165, 1.54) is 12.1 Å². The highest BCUT2D eigenvalue weighted by Crippen LogP contribution is 2.33. The molecule has 8 heteroatoms. The fourth-order valence-corrected chi connectivity index (χ4v) is 5.12. The van der Waals surface area contributed by atoms with E-state index in [-0.39, 0.29) is 22.7 Å². The van der Waals surface area contributed by atoms with Crippen molar-refractivity contribution in [3.8, 4) is 0 Å². The van der Waals surface area contributed by atoms with Gasteiger partial charge < -0.3 is 15.5 Å². The Balaban J connectivity index is 1.57. The first-order valence-electron chi connectivity index (χ1n) is 9.23. The molecule has 2 N–H and O–H groups in total. The fourth-order valence-electron chi connectivity index (χ4n) is 3.79. The van der Waals surface area contributed by atoms with Crippen LogP contribution in [-0.4, -0.2) is 37.6 Å². The first-order valence-corrected chi connectivity index (χ1v) is 10.9. The van der Waals surface area contributed by atoms with Gasteiger partial charge in [0.05, 0.1) is 16.6 Å². The summed E-state index contributed by atoms with van der Waals surface area (Å²) < 4.78 is 24.6. The van der Waals surface area contributed by atoms with Crippen LogP contribution in [0.25, 0.3) is 0 Å². The van der Waals surface area contributed by atoms with Gasteiger partial charge in [-0.1, -0.05) is 30.3 Å². The molecule has 2 aliphatic heterocycles. The van der Waals surface area contributed by atoms with Crippen LogP contribution in [0.5, 0.6) is 0 Å². The van der Waals surface area contributed by atoms with Crippen LogP contribution in [0.3, 0.4) is 0 Å². The zero-order chi connectivity index (χ0) is 19.7. The summed E-state index contributed by atoms with van der Waals surface area (Å²) in [6.07, 6.45) is 2.88. The number of urea groups is 1. The van der Waals surface area contributed by atoms with E-state index in [2.05, 4.69) is 10.6 Å². The van der Waals surface area contributed by atoms with Gasteiger partial charge in [-0.3, -0.25) is 4.79 Å². The first kappa shape index (κ1) is 18.5. The molecule has 0 spiro atoms. The summed E-state index contributed by atoms with van der Waals surface area (Å²) in [5.41, 5.74) is 1.73. The number of likely N-dealkylation sites (tertiary alicyclic amines) is 1. The van der Waals surface area contributed by atoms with E-state index in [9.17, 15) is 18.0 Å². The van der Waals surface area contributed by atoms with Crippen LogP contribution in [-0.2, 0) is 14.6 Å². The number of anilines is 2. The molecule has 0 bridgehead atoms. The highest BCUT2D eigenvalue weighted by atomic mass is 32.2. The molecule has 1 unspecified atom stereocenters. The summed E-state index contributed by atoms with van der Waals surface area (Å²) >= 11 is 0. The average Bonchev–Trinajstić information content (AvgIpc) is 2.68. The number of nitrogens with zero attached hydrogens (tertiary/aromatic N) is 1. The van der Waals surface area contributed by atoms with Crippen molar-refractivity contribution in [1.82, 2.24) is 4.90 Å². The molecule has 2 heterocycles. The molecule has 0 radical (unpaired) electrons. The Morgan fingerprint density at radius 1 is 1.11 bits per heavy atom. The van der Waals surface area contributed by atoms with Crippen molar-refractivity contribution in [3.63, 3.8) is 0 Å². The third kappa shape index (κ3) is 3.60. The maximum atomic E-state index is 12.9. The van der Waals surface area contributed by atoms with Crippen LogP contribution in [0, 0.1) is 0 Å². The summed E-state index contributed by atoms with van der Waals surface area (Å²) in [6, 6.07) is 14.2. The molecule has 3 amide bonds. The van der Waals surface area contributed by atoms with Gasteiger partial charge in [0.1, 0.15) is 5.75 Å². The molecule has 7 nitrogen and oxygen atoms in total. The van der Waals surface area contributed by atoms with Gasteiger partial charge in [-0.25, -0.2) is 13.2 Å². The number of hydrogen-bond donors (Lipinski definition) is 2. The second kappa shape index (κ2) is 7.27. The van der Waals surface area contributed by atoms with E-state index in [1.807, 2.05) is 30.3 Å². The summed E-state index contributed by atoms with van der Waals surface area (Å²) in [5, 5.41) is 5.37. The number of rotatable bonds is 2. The molecule has 1 fully saturated rings. The Morgan fingerprint density at radius 2 is 1.89 bits per heavy atom. The van der Waals surface area contributed by atoms with E-state index in [1.54, 1.807) is 11.0 Å². The largest absolute Gasteiger partial charge is 0.324 e. The lowest BCUT2D eigenvalue weighted by Gasteiger charge is -2.36. The zero-order valence-electron chi connectivity index (χ0n) is 15.2. The molecule has 0 saturated carbocycles. The molecule has 2 aliphatic rings. The normalized spacial score (nSPS) is 20.8. The van der Waals surface area contributed by atoms with Gasteiger partial charge in [-0.05, 0) is 43.0 Å². The Labute approximate surface area is 163 Å². The Morgan fingerprint density at radius 3 is 2.68 bits per heavy atom. The van der Waals surface area contributed by atoms with Crippen LogP contribution in [0.2, 0.25) is 0 Å². The third-order valence-electron chi connectivity index (χ3n) is 5.11. The van der Waals surface area contributed by atoms with Gasteiger partial charge in [-0.2, -0.15) is 0 Å². The number of hydrogen-bond acceptors (Lipinski definition) is 4. The second-order valence-corrected chi connectivity index (χ2v) is 9.02. The standard InChI is InChI=1S/C20H21N3O4S/c24-19-13-28(26,27)18-12-15(9-10-16(18)22-19)21-20(25)23-11-5-4-8-17(23)14-6-2-1-3-7-14/h1-3,6-7,9-10,12,17H,4-5,8,11,13H2,(H,21,25)(H,22,24). The van der Waals surface area contributed by atoms with Crippen molar-refractivity contribution in [1.29, 1.82) is 0 Å². The van der Waals surface area contributed by atoms with Crippen LogP contribution < -0.4 is 10.6 Å². The topological polar surface area (TPSA) is 95.6 Å². The Hall–Kier alpha value is -2.87. The predicted octanol–water partition coefficient (Wildman–Crippen LogP) is 3.17. The fraction of sp³-hybridized carbons (Fsp3) is 0.300. The van der Waals surface area contributed by atoms with Gasteiger partial charge in [0.2, 0.25) is 5.91 Å². The molecule has 0 aliphatic carbocycles. The molecule has 1 atom stereocenters. The smallest absolute Gasteiger partial charge is 0.322 e. The lowest BCUT2D eigenvalue weighted by molar-refractivity contribution is -0.114. The van der Waals surface area contributed by atoms with Gasteiger partial charge in [0.15, 0.2) is 9.84 Å². The van der Waals surface area contributed by atoms with E-state index >= 15 is 0 Å². The Kier molecular flexibility index (Phi) is 4.80. The maximum Gasteiger partial charge on any atom is 0.322 e. The minimum absolute atomic E-state index is 0.00408. The number of benzene rings is 2. The van der Waals surface area contributed by atoms with Crippen LogP contribution in [0.1, 0.15) is 30.9 Å². The lowest BCUT2D eigenvalue weighted by atomic mass is 9.95. The van der Waals surface area contributed by atoms with Gasteiger partial charge >= 0.3 is 6.03 Å². The highest BCUT2D eigenvalue weighted by Gasteiger charge is 2.30. The summed E-state index contributed by atoms with van der Waals surface area (Å²) in [5.74, 6) is -1.14. The zero-order valence-corrected chi connectivity index (χ0v) is 16.0. The minimum atomic E-state index is -3.71. The molecule has 0 aromatic heterocycles. The third-order valence-corrected chi connectivity index (χ3v) is 6.76. The van der Waals surface area contributed by atoms with Gasteiger partial charge in [0, 0.05) is 12.2 Å². The van der Waals surface area contributed by atoms with Gasteiger partial charge in [0.25, 0.3) is 0 Å². The molecule has 1 saturated heterocycles. The summed E-state index contributed by atoms with van der Waals surface area (Å²) in [6.45, 7) is 0.644. The Bertz CT molecular complexity index is 1020. The number of fused-ring (bicyclic) bond motifs is 1. The number of amides is 3. The van der Waals surface area contributed by atoms with Crippen LogP contribution in [0.4, 0.5) is 16.2 Å². The lowest BCUT2D eigenvalue weighted by Crippen LogP contribution is -2.41. The molecule has 4 rings (SSSR count). The first-order chi connectivity index (χ1) is 13.4. The molecular weight excluding hydrogens is 378 g/mol. The number of nitrogens with one attached hydrogen (secondary N) is 2. The molecule has 28 heavy (non-hydrogen) atoms. The number of carbonyl (C=O) groups is 2. The molecular formula is C20H21N3O4S.